The lowest BCUT2D eigenvalue weighted by Crippen LogP contribution is -2.13. The van der Waals surface area contributed by atoms with Crippen LogP contribution in [0.25, 0.3) is 10.8 Å². The van der Waals surface area contributed by atoms with Crippen molar-refractivity contribution < 1.29 is 0 Å². The molecule has 0 aliphatic heterocycles. The molecule has 18 heavy (non-hydrogen) atoms. The van der Waals surface area contributed by atoms with Gasteiger partial charge in [0, 0.05) is 23.2 Å². The summed E-state index contributed by atoms with van der Waals surface area (Å²) in [6.07, 6.45) is 1.01. The number of aryl methyl sites for hydroxylation is 1. The largest absolute Gasteiger partial charge is 0.368 e. The number of hydrogen-bond acceptors (Lipinski definition) is 3. The van der Waals surface area contributed by atoms with E-state index in [1.165, 1.54) is 0 Å². The lowest BCUT2D eigenvalue weighted by molar-refractivity contribution is 0.595. The van der Waals surface area contributed by atoms with Gasteiger partial charge in [0.25, 0.3) is 0 Å². The average molecular weight is 264 g/mol. The number of fused-ring (bicyclic) bond motifs is 1. The fourth-order valence-electron chi connectivity index (χ4n) is 1.93. The van der Waals surface area contributed by atoms with Gasteiger partial charge in [0.2, 0.25) is 0 Å². The molecule has 1 N–H and O–H groups in total. The van der Waals surface area contributed by atoms with E-state index in [9.17, 15) is 0 Å². The van der Waals surface area contributed by atoms with Crippen LogP contribution in [0.15, 0.2) is 24.3 Å². The Morgan fingerprint density at radius 3 is 2.67 bits per heavy atom. The van der Waals surface area contributed by atoms with E-state index in [0.717, 1.165) is 35.2 Å². The third-order valence-electron chi connectivity index (χ3n) is 3.09. The summed E-state index contributed by atoms with van der Waals surface area (Å²) in [7, 11) is 0. The number of alkyl halides is 1. The van der Waals surface area contributed by atoms with Crippen LogP contribution in [0.5, 0.6) is 0 Å². The van der Waals surface area contributed by atoms with Crippen LogP contribution in [-0.4, -0.2) is 22.6 Å². The van der Waals surface area contributed by atoms with E-state index >= 15 is 0 Å². The Bertz CT molecular complexity index is 527. The molecular weight excluding hydrogens is 246 g/mol. The number of benzene rings is 1. The highest BCUT2D eigenvalue weighted by Crippen LogP contribution is 2.22. The highest BCUT2D eigenvalue weighted by molar-refractivity contribution is 6.17. The molecule has 1 aromatic carbocycles. The molecular formula is C14H18ClN3. The Morgan fingerprint density at radius 2 is 1.94 bits per heavy atom. The minimum atomic E-state index is 0.532. The molecule has 2 rings (SSSR count). The highest BCUT2D eigenvalue weighted by Gasteiger charge is 2.07. The summed E-state index contributed by atoms with van der Waals surface area (Å²) in [5.41, 5.74) is 0.963. The predicted molar refractivity (Wildman–Crippen MR) is 77.3 cm³/mol. The van der Waals surface area contributed by atoms with Crippen molar-refractivity contribution in [3.05, 3.63) is 30.0 Å². The molecule has 0 saturated carbocycles. The SMILES string of the molecule is Cc1nnc(NCC(C)CCCl)c2ccccc12. The third kappa shape index (κ3) is 2.91. The summed E-state index contributed by atoms with van der Waals surface area (Å²) in [5.74, 6) is 2.09. The van der Waals surface area contributed by atoms with Gasteiger partial charge in [-0.05, 0) is 19.3 Å². The molecule has 0 aliphatic carbocycles. The minimum Gasteiger partial charge on any atom is -0.368 e. The number of rotatable bonds is 5. The van der Waals surface area contributed by atoms with E-state index in [1.54, 1.807) is 0 Å². The molecule has 4 heteroatoms. The van der Waals surface area contributed by atoms with E-state index in [0.29, 0.717) is 11.8 Å². The number of aromatic nitrogens is 2. The molecule has 0 aliphatic rings. The van der Waals surface area contributed by atoms with Gasteiger partial charge < -0.3 is 5.32 Å². The molecule has 0 fully saturated rings. The van der Waals surface area contributed by atoms with Gasteiger partial charge in [-0.1, -0.05) is 31.2 Å². The first-order valence-corrected chi connectivity index (χ1v) is 6.77. The Morgan fingerprint density at radius 1 is 1.22 bits per heavy atom. The average Bonchev–Trinajstić information content (AvgIpc) is 2.39. The quantitative estimate of drug-likeness (QED) is 0.838. The first-order valence-electron chi connectivity index (χ1n) is 6.24. The maximum atomic E-state index is 5.74. The Balaban J connectivity index is 2.21. The first kappa shape index (κ1) is 13.1. The van der Waals surface area contributed by atoms with Crippen molar-refractivity contribution in [1.82, 2.24) is 10.2 Å². The summed E-state index contributed by atoms with van der Waals surface area (Å²) in [4.78, 5) is 0. The molecule has 0 saturated heterocycles. The monoisotopic (exact) mass is 263 g/mol. The van der Waals surface area contributed by atoms with Crippen molar-refractivity contribution in [2.24, 2.45) is 5.92 Å². The molecule has 2 aromatic rings. The second kappa shape index (κ2) is 6.01. The first-order chi connectivity index (χ1) is 8.72. The molecule has 1 aromatic heterocycles. The number of anilines is 1. The summed E-state index contributed by atoms with van der Waals surface area (Å²) < 4.78 is 0. The zero-order chi connectivity index (χ0) is 13.0. The topological polar surface area (TPSA) is 37.8 Å². The second-order valence-electron chi connectivity index (χ2n) is 4.64. The second-order valence-corrected chi connectivity index (χ2v) is 5.02. The van der Waals surface area contributed by atoms with Crippen molar-refractivity contribution in [3.63, 3.8) is 0 Å². The van der Waals surface area contributed by atoms with Gasteiger partial charge >= 0.3 is 0 Å². The van der Waals surface area contributed by atoms with Crippen LogP contribution < -0.4 is 5.32 Å². The van der Waals surface area contributed by atoms with Gasteiger partial charge in [0.1, 0.15) is 0 Å². The van der Waals surface area contributed by atoms with Crippen LogP contribution in [0.3, 0.4) is 0 Å². The number of nitrogens with one attached hydrogen (secondary N) is 1. The Hall–Kier alpha value is -1.35. The maximum absolute atomic E-state index is 5.74. The summed E-state index contributed by atoms with van der Waals surface area (Å²) in [6.45, 7) is 5.03. The molecule has 1 heterocycles. The fraction of sp³-hybridized carbons (Fsp3) is 0.429. The van der Waals surface area contributed by atoms with Gasteiger partial charge in [-0.2, -0.15) is 5.10 Å². The van der Waals surface area contributed by atoms with Gasteiger partial charge in [0.15, 0.2) is 5.82 Å². The van der Waals surface area contributed by atoms with Crippen LogP contribution in [0.4, 0.5) is 5.82 Å². The molecule has 1 atom stereocenters. The van der Waals surface area contributed by atoms with Crippen LogP contribution in [0.2, 0.25) is 0 Å². The maximum Gasteiger partial charge on any atom is 0.156 e. The smallest absolute Gasteiger partial charge is 0.156 e. The number of nitrogens with zero attached hydrogens (tertiary/aromatic N) is 2. The van der Waals surface area contributed by atoms with Gasteiger partial charge in [-0.15, -0.1) is 16.7 Å². The van der Waals surface area contributed by atoms with Crippen molar-refractivity contribution in [3.8, 4) is 0 Å². The normalized spacial score (nSPS) is 12.6. The molecule has 96 valence electrons. The van der Waals surface area contributed by atoms with Crippen LogP contribution in [0, 0.1) is 12.8 Å². The van der Waals surface area contributed by atoms with Gasteiger partial charge in [-0.25, -0.2) is 0 Å². The summed E-state index contributed by atoms with van der Waals surface area (Å²) in [6, 6.07) is 8.20. The Kier molecular flexibility index (Phi) is 4.37. The van der Waals surface area contributed by atoms with Crippen molar-refractivity contribution in [2.75, 3.05) is 17.7 Å². The zero-order valence-electron chi connectivity index (χ0n) is 10.8. The highest BCUT2D eigenvalue weighted by atomic mass is 35.5. The van der Waals surface area contributed by atoms with Crippen molar-refractivity contribution in [2.45, 2.75) is 20.3 Å². The lowest BCUT2D eigenvalue weighted by Gasteiger charge is -2.13. The van der Waals surface area contributed by atoms with Crippen molar-refractivity contribution in [1.29, 1.82) is 0 Å². The molecule has 0 radical (unpaired) electrons. The number of hydrogen-bond donors (Lipinski definition) is 1. The molecule has 0 bridgehead atoms. The molecule has 0 spiro atoms. The van der Waals surface area contributed by atoms with E-state index < -0.39 is 0 Å². The third-order valence-corrected chi connectivity index (χ3v) is 3.31. The van der Waals surface area contributed by atoms with E-state index in [2.05, 4.69) is 34.6 Å². The van der Waals surface area contributed by atoms with Crippen LogP contribution >= 0.6 is 11.6 Å². The number of halogens is 1. The fourth-order valence-corrected chi connectivity index (χ4v) is 2.30. The van der Waals surface area contributed by atoms with Crippen LogP contribution in [0.1, 0.15) is 19.0 Å². The molecule has 1 unspecified atom stereocenters. The van der Waals surface area contributed by atoms with Crippen LogP contribution in [-0.2, 0) is 0 Å². The molecule has 0 amide bonds. The van der Waals surface area contributed by atoms with Gasteiger partial charge in [-0.3, -0.25) is 0 Å². The standard InChI is InChI=1S/C14H18ClN3/c1-10(7-8-15)9-16-14-13-6-4-3-5-12(13)11(2)17-18-14/h3-6,10H,7-9H2,1-2H3,(H,16,18). The van der Waals surface area contributed by atoms with E-state index in [-0.39, 0.29) is 0 Å². The predicted octanol–water partition coefficient (Wildman–Crippen LogP) is 3.62. The van der Waals surface area contributed by atoms with E-state index in [4.69, 9.17) is 11.6 Å². The van der Waals surface area contributed by atoms with Gasteiger partial charge in [0.05, 0.1) is 5.69 Å². The lowest BCUT2D eigenvalue weighted by atomic mass is 10.1. The Labute approximate surface area is 113 Å². The minimum absolute atomic E-state index is 0.532. The van der Waals surface area contributed by atoms with E-state index in [1.807, 2.05) is 19.1 Å². The summed E-state index contributed by atoms with van der Waals surface area (Å²) >= 11 is 5.74. The zero-order valence-corrected chi connectivity index (χ0v) is 11.5. The van der Waals surface area contributed by atoms with Crippen molar-refractivity contribution >= 4 is 28.2 Å². The summed E-state index contributed by atoms with van der Waals surface area (Å²) in [5, 5.41) is 14.1. The molecule has 3 nitrogen and oxygen atoms in total.